The van der Waals surface area contributed by atoms with Crippen LogP contribution in [0.4, 0.5) is 5.69 Å². The Labute approximate surface area is 104 Å². The molecule has 1 aromatic heterocycles. The predicted molar refractivity (Wildman–Crippen MR) is 73.6 cm³/mol. The SMILES string of the molecule is CCCC(CC)Nc1ccc(=O)n(CCC)c1. The van der Waals surface area contributed by atoms with Crippen molar-refractivity contribution in [3.05, 3.63) is 28.7 Å². The highest BCUT2D eigenvalue weighted by Gasteiger charge is 2.05. The standard InChI is InChI=1S/C14H24N2O/c1-4-7-12(6-3)15-13-8-9-14(17)16(11-13)10-5-2/h8-9,11-12,15H,4-7,10H2,1-3H3. The van der Waals surface area contributed by atoms with Crippen molar-refractivity contribution in [3.63, 3.8) is 0 Å². The zero-order chi connectivity index (χ0) is 12.7. The highest BCUT2D eigenvalue weighted by atomic mass is 16.1. The van der Waals surface area contributed by atoms with Crippen LogP contribution in [0.2, 0.25) is 0 Å². The molecule has 1 atom stereocenters. The summed E-state index contributed by atoms with van der Waals surface area (Å²) in [5.74, 6) is 0. The van der Waals surface area contributed by atoms with Gasteiger partial charge in [0, 0.05) is 24.8 Å². The van der Waals surface area contributed by atoms with Gasteiger partial charge in [0.1, 0.15) is 0 Å². The normalized spacial score (nSPS) is 12.4. The molecule has 0 saturated carbocycles. The zero-order valence-electron chi connectivity index (χ0n) is 11.2. The van der Waals surface area contributed by atoms with E-state index in [1.165, 1.54) is 12.8 Å². The van der Waals surface area contributed by atoms with Crippen LogP contribution in [0.1, 0.15) is 46.5 Å². The van der Waals surface area contributed by atoms with E-state index in [2.05, 4.69) is 26.1 Å². The summed E-state index contributed by atoms with van der Waals surface area (Å²) in [5, 5.41) is 3.50. The number of pyridine rings is 1. The second kappa shape index (κ2) is 7.15. The van der Waals surface area contributed by atoms with E-state index in [4.69, 9.17) is 0 Å². The summed E-state index contributed by atoms with van der Waals surface area (Å²) in [6.45, 7) is 7.26. The molecular weight excluding hydrogens is 212 g/mol. The molecule has 0 aliphatic carbocycles. The van der Waals surface area contributed by atoms with Crippen LogP contribution >= 0.6 is 0 Å². The Morgan fingerprint density at radius 1 is 1.24 bits per heavy atom. The average Bonchev–Trinajstić information content (AvgIpc) is 2.33. The van der Waals surface area contributed by atoms with Crippen molar-refractivity contribution in [1.82, 2.24) is 4.57 Å². The maximum atomic E-state index is 11.6. The van der Waals surface area contributed by atoms with E-state index < -0.39 is 0 Å². The summed E-state index contributed by atoms with van der Waals surface area (Å²) in [7, 11) is 0. The lowest BCUT2D eigenvalue weighted by Gasteiger charge is -2.18. The van der Waals surface area contributed by atoms with Crippen LogP contribution in [-0.4, -0.2) is 10.6 Å². The molecule has 0 spiro atoms. The fraction of sp³-hybridized carbons (Fsp3) is 0.643. The number of hydrogen-bond donors (Lipinski definition) is 1. The Bertz CT molecular complexity index is 384. The number of rotatable bonds is 7. The number of anilines is 1. The van der Waals surface area contributed by atoms with Gasteiger partial charge in [-0.3, -0.25) is 4.79 Å². The van der Waals surface area contributed by atoms with Gasteiger partial charge < -0.3 is 9.88 Å². The van der Waals surface area contributed by atoms with Gasteiger partial charge in [-0.1, -0.05) is 27.2 Å². The van der Waals surface area contributed by atoms with Crippen LogP contribution in [0.15, 0.2) is 23.1 Å². The van der Waals surface area contributed by atoms with Gasteiger partial charge in [-0.25, -0.2) is 0 Å². The maximum Gasteiger partial charge on any atom is 0.250 e. The molecule has 1 aromatic rings. The summed E-state index contributed by atoms with van der Waals surface area (Å²) >= 11 is 0. The molecule has 0 fully saturated rings. The Morgan fingerprint density at radius 2 is 2.00 bits per heavy atom. The van der Waals surface area contributed by atoms with Crippen LogP contribution < -0.4 is 10.9 Å². The van der Waals surface area contributed by atoms with Crippen LogP contribution in [0, 0.1) is 0 Å². The van der Waals surface area contributed by atoms with Gasteiger partial charge in [-0.2, -0.15) is 0 Å². The molecule has 0 bridgehead atoms. The average molecular weight is 236 g/mol. The minimum atomic E-state index is 0.0842. The summed E-state index contributed by atoms with van der Waals surface area (Å²) in [4.78, 5) is 11.6. The third-order valence-corrected chi connectivity index (χ3v) is 2.95. The summed E-state index contributed by atoms with van der Waals surface area (Å²) in [6.07, 6.45) is 6.38. The van der Waals surface area contributed by atoms with Crippen molar-refractivity contribution in [3.8, 4) is 0 Å². The Kier molecular flexibility index (Phi) is 5.81. The van der Waals surface area contributed by atoms with E-state index in [1.807, 2.05) is 12.3 Å². The van der Waals surface area contributed by atoms with Crippen molar-refractivity contribution in [2.45, 2.75) is 59.0 Å². The third-order valence-electron chi connectivity index (χ3n) is 2.95. The van der Waals surface area contributed by atoms with Gasteiger partial charge in [-0.15, -0.1) is 0 Å². The molecule has 96 valence electrons. The lowest BCUT2D eigenvalue weighted by atomic mass is 10.1. The predicted octanol–water partition coefficient (Wildman–Crippen LogP) is 3.25. The van der Waals surface area contributed by atoms with Crippen molar-refractivity contribution >= 4 is 5.69 Å². The van der Waals surface area contributed by atoms with Crippen LogP contribution in [-0.2, 0) is 6.54 Å². The smallest absolute Gasteiger partial charge is 0.250 e. The molecular formula is C14H24N2O. The van der Waals surface area contributed by atoms with Gasteiger partial charge in [-0.05, 0) is 25.3 Å². The molecule has 0 aliphatic heterocycles. The topological polar surface area (TPSA) is 34.0 Å². The second-order valence-corrected chi connectivity index (χ2v) is 4.49. The molecule has 0 aliphatic rings. The Balaban J connectivity index is 2.77. The van der Waals surface area contributed by atoms with E-state index >= 15 is 0 Å². The molecule has 1 rings (SSSR count). The van der Waals surface area contributed by atoms with E-state index in [-0.39, 0.29) is 5.56 Å². The largest absolute Gasteiger partial charge is 0.381 e. The number of hydrogen-bond acceptors (Lipinski definition) is 2. The van der Waals surface area contributed by atoms with Crippen LogP contribution in [0.5, 0.6) is 0 Å². The number of nitrogens with zero attached hydrogens (tertiary/aromatic N) is 1. The quantitative estimate of drug-likeness (QED) is 0.788. The fourth-order valence-electron chi connectivity index (χ4n) is 1.99. The second-order valence-electron chi connectivity index (χ2n) is 4.49. The first-order chi connectivity index (χ1) is 8.21. The van der Waals surface area contributed by atoms with Gasteiger partial charge in [0.15, 0.2) is 0 Å². The fourth-order valence-corrected chi connectivity index (χ4v) is 1.99. The number of aryl methyl sites for hydroxylation is 1. The maximum absolute atomic E-state index is 11.6. The van der Waals surface area contributed by atoms with Crippen molar-refractivity contribution < 1.29 is 0 Å². The van der Waals surface area contributed by atoms with Crippen LogP contribution in [0.3, 0.4) is 0 Å². The third kappa shape index (κ3) is 4.25. The molecule has 1 heterocycles. The minimum absolute atomic E-state index is 0.0842. The summed E-state index contributed by atoms with van der Waals surface area (Å²) in [5.41, 5.74) is 1.14. The summed E-state index contributed by atoms with van der Waals surface area (Å²) in [6, 6.07) is 4.04. The molecule has 3 heteroatoms. The zero-order valence-corrected chi connectivity index (χ0v) is 11.2. The highest BCUT2D eigenvalue weighted by molar-refractivity contribution is 5.41. The van der Waals surface area contributed by atoms with Gasteiger partial charge in [0.05, 0.1) is 5.69 Å². The molecule has 1 N–H and O–H groups in total. The summed E-state index contributed by atoms with van der Waals surface area (Å²) < 4.78 is 1.78. The molecule has 1 unspecified atom stereocenters. The van der Waals surface area contributed by atoms with E-state index in [1.54, 1.807) is 10.6 Å². The molecule has 0 amide bonds. The Morgan fingerprint density at radius 3 is 2.59 bits per heavy atom. The van der Waals surface area contributed by atoms with Crippen LogP contribution in [0.25, 0.3) is 0 Å². The van der Waals surface area contributed by atoms with Crippen molar-refractivity contribution in [1.29, 1.82) is 0 Å². The molecule has 0 aromatic carbocycles. The van der Waals surface area contributed by atoms with Crippen molar-refractivity contribution in [2.75, 3.05) is 5.32 Å². The van der Waals surface area contributed by atoms with Gasteiger partial charge in [0.2, 0.25) is 0 Å². The number of aromatic nitrogens is 1. The first-order valence-corrected chi connectivity index (χ1v) is 6.68. The first-order valence-electron chi connectivity index (χ1n) is 6.68. The Hall–Kier alpha value is -1.25. The first kappa shape index (κ1) is 13.8. The molecule has 3 nitrogen and oxygen atoms in total. The highest BCUT2D eigenvalue weighted by Crippen LogP contribution is 2.11. The monoisotopic (exact) mass is 236 g/mol. The van der Waals surface area contributed by atoms with E-state index in [0.717, 1.165) is 25.1 Å². The minimum Gasteiger partial charge on any atom is -0.381 e. The van der Waals surface area contributed by atoms with Gasteiger partial charge in [0.25, 0.3) is 5.56 Å². The van der Waals surface area contributed by atoms with Gasteiger partial charge >= 0.3 is 0 Å². The number of nitrogens with one attached hydrogen (secondary N) is 1. The lowest BCUT2D eigenvalue weighted by molar-refractivity contribution is 0.617. The molecule has 0 saturated heterocycles. The van der Waals surface area contributed by atoms with E-state index in [9.17, 15) is 4.79 Å². The molecule has 0 radical (unpaired) electrons. The van der Waals surface area contributed by atoms with E-state index in [0.29, 0.717) is 6.04 Å². The lowest BCUT2D eigenvalue weighted by Crippen LogP contribution is -2.22. The van der Waals surface area contributed by atoms with Crippen molar-refractivity contribution in [2.24, 2.45) is 0 Å². The molecule has 17 heavy (non-hydrogen) atoms.